The van der Waals surface area contributed by atoms with E-state index in [-0.39, 0.29) is 11.3 Å². The number of aromatic nitrogens is 1. The van der Waals surface area contributed by atoms with Crippen molar-refractivity contribution < 1.29 is 14.3 Å². The van der Waals surface area contributed by atoms with Gasteiger partial charge in [-0.3, -0.25) is 4.79 Å². The topological polar surface area (TPSA) is 140 Å². The van der Waals surface area contributed by atoms with E-state index in [1.807, 2.05) is 13.0 Å². The van der Waals surface area contributed by atoms with E-state index in [2.05, 4.69) is 15.9 Å². The van der Waals surface area contributed by atoms with Gasteiger partial charge in [0.05, 0.1) is 25.2 Å². The Hall–Kier alpha value is -3.76. The molecule has 1 aliphatic heterocycles. The summed E-state index contributed by atoms with van der Waals surface area (Å²) in [7, 11) is 0. The fourth-order valence-corrected chi connectivity index (χ4v) is 4.41. The lowest BCUT2D eigenvalue weighted by atomic mass is 10.0. The van der Waals surface area contributed by atoms with Gasteiger partial charge < -0.3 is 21.1 Å². The molecule has 0 saturated carbocycles. The van der Waals surface area contributed by atoms with Gasteiger partial charge in [0.15, 0.2) is 0 Å². The fourth-order valence-electron chi connectivity index (χ4n) is 3.35. The molecular weight excluding hydrogens is 416 g/mol. The third-order valence-corrected chi connectivity index (χ3v) is 6.08. The molecule has 0 aliphatic carbocycles. The second-order valence-electron chi connectivity index (χ2n) is 6.79. The van der Waals surface area contributed by atoms with E-state index < -0.39 is 23.4 Å². The largest absolute Gasteiger partial charge is 0.443 e. The first-order chi connectivity index (χ1) is 14.9. The molecule has 1 aliphatic rings. The molecule has 3 rings (SSSR count). The van der Waals surface area contributed by atoms with Crippen LogP contribution in [0.1, 0.15) is 28.9 Å². The number of pyridine rings is 1. The van der Waals surface area contributed by atoms with E-state index in [1.54, 1.807) is 29.2 Å². The van der Waals surface area contributed by atoms with Gasteiger partial charge in [-0.1, -0.05) is 49.0 Å². The van der Waals surface area contributed by atoms with Gasteiger partial charge in [0.2, 0.25) is 11.6 Å². The number of thioether (sulfide) groups is 1. The van der Waals surface area contributed by atoms with Crippen molar-refractivity contribution in [2.45, 2.75) is 29.7 Å². The van der Waals surface area contributed by atoms with Crippen LogP contribution < -0.4 is 16.4 Å². The van der Waals surface area contributed by atoms with Gasteiger partial charge >= 0.3 is 6.09 Å². The van der Waals surface area contributed by atoms with Crippen molar-refractivity contribution in [1.82, 2.24) is 4.98 Å². The number of rotatable bonds is 7. The molecule has 1 unspecified atom stereocenters. The number of benzene rings is 1. The van der Waals surface area contributed by atoms with Crippen molar-refractivity contribution in [2.75, 3.05) is 18.0 Å². The summed E-state index contributed by atoms with van der Waals surface area (Å²) in [6.07, 6.45) is -0.816. The number of carbonyl (C=O) groups excluding carboxylic acids is 2. The molecule has 9 nitrogen and oxygen atoms in total. The van der Waals surface area contributed by atoms with Crippen molar-refractivity contribution in [1.29, 1.82) is 5.26 Å². The Bertz CT molecular complexity index is 1090. The minimum atomic E-state index is -0.861. The third kappa shape index (κ3) is 4.55. The van der Waals surface area contributed by atoms with E-state index in [4.69, 9.17) is 22.8 Å². The molecule has 2 amide bonds. The Balaban J connectivity index is 2.04. The first kappa shape index (κ1) is 21.9. The van der Waals surface area contributed by atoms with Crippen molar-refractivity contribution in [3.05, 3.63) is 58.4 Å². The highest BCUT2D eigenvalue weighted by molar-refractivity contribution is 8.00. The van der Waals surface area contributed by atoms with E-state index in [0.29, 0.717) is 41.5 Å². The minimum Gasteiger partial charge on any atom is -0.443 e. The standard InChI is InChI=1S/C21H20N6O3S/c1-3-14-15(9-22)20(31-17(18(23)28)12-7-5-4-6-8-12)26-19(16(14)25-2)27-10-13(11-27)30-21(24)29/h4-8,13,17H,3,10-11H2,1H3,(H2,23,28)(H2,24,29). The predicted octanol–water partition coefficient (Wildman–Crippen LogP) is 2.67. The first-order valence-electron chi connectivity index (χ1n) is 9.45. The van der Waals surface area contributed by atoms with Gasteiger partial charge in [-0.25, -0.2) is 14.6 Å². The third-order valence-electron chi connectivity index (χ3n) is 4.82. The number of amides is 2. The number of anilines is 1. The Morgan fingerprint density at radius 1 is 1.39 bits per heavy atom. The average Bonchev–Trinajstić information content (AvgIpc) is 2.73. The van der Waals surface area contributed by atoms with Crippen LogP contribution in [-0.4, -0.2) is 36.2 Å². The minimum absolute atomic E-state index is 0.259. The normalized spacial score (nSPS) is 14.1. The summed E-state index contributed by atoms with van der Waals surface area (Å²) in [6.45, 7) is 10.1. The van der Waals surface area contributed by atoms with Crippen LogP contribution in [0.2, 0.25) is 0 Å². The van der Waals surface area contributed by atoms with Crippen LogP contribution in [0.5, 0.6) is 0 Å². The molecule has 2 aromatic rings. The lowest BCUT2D eigenvalue weighted by Gasteiger charge is -2.40. The van der Waals surface area contributed by atoms with Crippen molar-refractivity contribution in [3.63, 3.8) is 0 Å². The summed E-state index contributed by atoms with van der Waals surface area (Å²) >= 11 is 1.08. The van der Waals surface area contributed by atoms with E-state index >= 15 is 0 Å². The molecule has 4 N–H and O–H groups in total. The highest BCUT2D eigenvalue weighted by Crippen LogP contribution is 2.43. The summed E-state index contributed by atoms with van der Waals surface area (Å²) in [5.74, 6) is -0.177. The average molecular weight is 436 g/mol. The van der Waals surface area contributed by atoms with E-state index in [9.17, 15) is 14.9 Å². The molecule has 2 heterocycles. The molecule has 1 aromatic heterocycles. The van der Waals surface area contributed by atoms with E-state index in [1.165, 1.54) is 0 Å². The zero-order valence-corrected chi connectivity index (χ0v) is 17.6. The van der Waals surface area contributed by atoms with E-state index in [0.717, 1.165) is 11.8 Å². The molecule has 1 atom stereocenters. The molecular formula is C21H20N6O3S. The number of nitrogens with zero attached hydrogens (tertiary/aromatic N) is 4. The van der Waals surface area contributed by atoms with Crippen LogP contribution in [0.25, 0.3) is 4.85 Å². The number of nitrogens with two attached hydrogens (primary N) is 2. The summed E-state index contributed by atoms with van der Waals surface area (Å²) in [5, 5.41) is 9.38. The second-order valence-corrected chi connectivity index (χ2v) is 7.89. The van der Waals surface area contributed by atoms with Crippen molar-refractivity contribution >= 4 is 35.3 Å². The van der Waals surface area contributed by atoms with Gasteiger partial charge in [-0.2, -0.15) is 5.26 Å². The van der Waals surface area contributed by atoms with Crippen LogP contribution in [0.3, 0.4) is 0 Å². The molecule has 158 valence electrons. The molecule has 10 heteroatoms. The smallest absolute Gasteiger partial charge is 0.404 e. The van der Waals surface area contributed by atoms with Crippen LogP contribution in [0.15, 0.2) is 35.4 Å². The summed E-state index contributed by atoms with van der Waals surface area (Å²) in [5.41, 5.74) is 12.5. The number of nitriles is 1. The molecule has 1 saturated heterocycles. The molecule has 0 spiro atoms. The maximum Gasteiger partial charge on any atom is 0.404 e. The van der Waals surface area contributed by atoms with Crippen molar-refractivity contribution in [3.8, 4) is 6.07 Å². The van der Waals surface area contributed by atoms with Gasteiger partial charge in [-0.15, -0.1) is 0 Å². The maximum atomic E-state index is 12.2. The highest BCUT2D eigenvalue weighted by atomic mass is 32.2. The zero-order chi connectivity index (χ0) is 22.5. The molecule has 1 aromatic carbocycles. The highest BCUT2D eigenvalue weighted by Gasteiger charge is 2.34. The monoisotopic (exact) mass is 436 g/mol. The molecule has 0 radical (unpaired) electrons. The maximum absolute atomic E-state index is 12.2. The Kier molecular flexibility index (Phi) is 6.63. The van der Waals surface area contributed by atoms with Gasteiger partial charge in [-0.05, 0) is 17.5 Å². The lowest BCUT2D eigenvalue weighted by molar-refractivity contribution is -0.117. The number of hydrogen-bond acceptors (Lipinski definition) is 7. The summed E-state index contributed by atoms with van der Waals surface area (Å²) in [6, 6.07) is 11.1. The van der Waals surface area contributed by atoms with Gasteiger partial charge in [0.25, 0.3) is 0 Å². The summed E-state index contributed by atoms with van der Waals surface area (Å²) in [4.78, 5) is 33.1. The SMILES string of the molecule is [C-]#[N+]c1c(N2CC(OC(N)=O)C2)nc(SC(C(N)=O)c2ccccc2)c(C#N)c1CC. The number of primary amides is 2. The van der Waals surface area contributed by atoms with Gasteiger partial charge in [0.1, 0.15) is 28.3 Å². The second kappa shape index (κ2) is 9.37. The Morgan fingerprint density at radius 3 is 2.58 bits per heavy atom. The number of hydrogen-bond donors (Lipinski definition) is 2. The Morgan fingerprint density at radius 2 is 2.06 bits per heavy atom. The molecule has 0 bridgehead atoms. The van der Waals surface area contributed by atoms with Crippen LogP contribution in [0, 0.1) is 17.9 Å². The quantitative estimate of drug-likeness (QED) is 0.502. The fraction of sp³-hybridized carbons (Fsp3) is 0.286. The number of ether oxygens (including phenoxy) is 1. The first-order valence-corrected chi connectivity index (χ1v) is 10.3. The van der Waals surface area contributed by atoms with Crippen molar-refractivity contribution in [2.24, 2.45) is 11.5 Å². The van der Waals surface area contributed by atoms with Crippen LogP contribution >= 0.6 is 11.8 Å². The molecule has 1 fully saturated rings. The van der Waals surface area contributed by atoms with Crippen LogP contribution in [0.4, 0.5) is 16.3 Å². The van der Waals surface area contributed by atoms with Crippen LogP contribution in [-0.2, 0) is 16.0 Å². The summed E-state index contributed by atoms with van der Waals surface area (Å²) < 4.78 is 4.97. The number of carbonyl (C=O) groups is 2. The molecule has 31 heavy (non-hydrogen) atoms. The zero-order valence-electron chi connectivity index (χ0n) is 16.7. The Labute approximate surface area is 183 Å². The lowest BCUT2D eigenvalue weighted by Crippen LogP contribution is -2.54. The van der Waals surface area contributed by atoms with Gasteiger partial charge in [0, 0.05) is 0 Å². The predicted molar refractivity (Wildman–Crippen MR) is 115 cm³/mol.